The van der Waals surface area contributed by atoms with E-state index >= 15 is 0 Å². The number of likely N-dealkylation sites (tertiary alicyclic amines) is 1. The summed E-state index contributed by atoms with van der Waals surface area (Å²) in [7, 11) is 0. The molecular weight excluding hydrogens is 458 g/mol. The lowest BCUT2D eigenvalue weighted by atomic mass is 10.0. The highest BCUT2D eigenvalue weighted by Crippen LogP contribution is 2.27. The molecule has 0 radical (unpaired) electrons. The van der Waals surface area contributed by atoms with Crippen molar-refractivity contribution in [1.29, 1.82) is 0 Å². The topological polar surface area (TPSA) is 50.9 Å². The van der Waals surface area contributed by atoms with E-state index in [0.29, 0.717) is 0 Å². The smallest absolute Gasteiger partial charge is 0.319 e. The van der Waals surface area contributed by atoms with E-state index in [1.54, 1.807) is 0 Å². The van der Waals surface area contributed by atoms with Crippen molar-refractivity contribution >= 4 is 17.4 Å². The number of hydrogen-bond acceptors (Lipinski definition) is 4. The maximum atomic E-state index is 12.8. The van der Waals surface area contributed by atoms with Crippen molar-refractivity contribution in [2.45, 2.75) is 25.3 Å². The van der Waals surface area contributed by atoms with Crippen LogP contribution in [0.5, 0.6) is 0 Å². The summed E-state index contributed by atoms with van der Waals surface area (Å²) < 4.78 is 0. The van der Waals surface area contributed by atoms with E-state index < -0.39 is 0 Å². The summed E-state index contributed by atoms with van der Waals surface area (Å²) in [6.07, 6.45) is 3.22. The molecule has 2 amide bonds. The molecular formula is C31H39N5O. The minimum Gasteiger partial charge on any atom is -0.369 e. The van der Waals surface area contributed by atoms with E-state index in [0.717, 1.165) is 75.5 Å². The van der Waals surface area contributed by atoms with Crippen molar-refractivity contribution in [2.24, 2.45) is 0 Å². The SMILES string of the molecule is O=C(Nc1ccccc1-c1ccccc1)NC1CCN(CCCN2CCN(c3ccccc3)CC2)CC1. The summed E-state index contributed by atoms with van der Waals surface area (Å²) in [5.74, 6) is 0. The number of carbonyl (C=O) groups is 1. The molecule has 2 fully saturated rings. The number of piperidine rings is 1. The lowest BCUT2D eigenvalue weighted by Crippen LogP contribution is -2.48. The molecule has 2 aliphatic heterocycles. The molecule has 0 spiro atoms. The Balaban J connectivity index is 0.991. The number of hydrogen-bond donors (Lipinski definition) is 2. The number of para-hydroxylation sites is 2. The van der Waals surface area contributed by atoms with Crippen LogP contribution in [-0.4, -0.2) is 74.2 Å². The van der Waals surface area contributed by atoms with Crippen molar-refractivity contribution in [2.75, 3.05) is 62.6 Å². The zero-order chi connectivity index (χ0) is 25.3. The largest absolute Gasteiger partial charge is 0.369 e. The van der Waals surface area contributed by atoms with Crippen LogP contribution in [0.1, 0.15) is 19.3 Å². The fraction of sp³-hybridized carbons (Fsp3) is 0.387. The summed E-state index contributed by atoms with van der Waals surface area (Å²) in [6.45, 7) is 8.91. The first-order valence-corrected chi connectivity index (χ1v) is 13.7. The molecule has 5 rings (SSSR count). The van der Waals surface area contributed by atoms with Crippen LogP contribution >= 0.6 is 0 Å². The monoisotopic (exact) mass is 497 g/mol. The molecule has 0 saturated carbocycles. The predicted molar refractivity (Wildman–Crippen MR) is 153 cm³/mol. The maximum Gasteiger partial charge on any atom is 0.319 e. The van der Waals surface area contributed by atoms with E-state index in [1.165, 1.54) is 18.7 Å². The molecule has 0 bridgehead atoms. The Labute approximate surface area is 221 Å². The van der Waals surface area contributed by atoms with Gasteiger partial charge in [0, 0.05) is 56.6 Å². The summed E-state index contributed by atoms with van der Waals surface area (Å²) in [4.78, 5) is 20.4. The molecule has 0 unspecified atom stereocenters. The first-order valence-electron chi connectivity index (χ1n) is 13.7. The molecule has 2 saturated heterocycles. The van der Waals surface area contributed by atoms with Crippen molar-refractivity contribution in [1.82, 2.24) is 15.1 Å². The number of amides is 2. The number of nitrogens with zero attached hydrogens (tertiary/aromatic N) is 3. The van der Waals surface area contributed by atoms with Gasteiger partial charge < -0.3 is 20.4 Å². The molecule has 0 aromatic heterocycles. The lowest BCUT2D eigenvalue weighted by Gasteiger charge is -2.37. The third kappa shape index (κ3) is 7.12. The average Bonchev–Trinajstić information content (AvgIpc) is 2.96. The third-order valence-electron chi connectivity index (χ3n) is 7.63. The summed E-state index contributed by atoms with van der Waals surface area (Å²) >= 11 is 0. The van der Waals surface area contributed by atoms with Gasteiger partial charge in [-0.2, -0.15) is 0 Å². The van der Waals surface area contributed by atoms with E-state index in [2.05, 4.69) is 67.8 Å². The second-order valence-corrected chi connectivity index (χ2v) is 10.1. The van der Waals surface area contributed by atoms with Gasteiger partial charge in [0.05, 0.1) is 5.69 Å². The summed E-state index contributed by atoms with van der Waals surface area (Å²) in [6, 6.07) is 29.0. The van der Waals surface area contributed by atoms with Gasteiger partial charge in [-0.05, 0) is 56.1 Å². The predicted octanol–water partition coefficient (Wildman–Crippen LogP) is 5.15. The van der Waals surface area contributed by atoms with Crippen molar-refractivity contribution < 1.29 is 4.79 Å². The molecule has 6 heteroatoms. The lowest BCUT2D eigenvalue weighted by molar-refractivity contribution is 0.179. The fourth-order valence-electron chi connectivity index (χ4n) is 5.49. The zero-order valence-corrected chi connectivity index (χ0v) is 21.7. The van der Waals surface area contributed by atoms with Gasteiger partial charge in [-0.1, -0.05) is 66.7 Å². The highest BCUT2D eigenvalue weighted by Gasteiger charge is 2.22. The van der Waals surface area contributed by atoms with E-state index in [4.69, 9.17) is 0 Å². The Morgan fingerprint density at radius 3 is 2.00 bits per heavy atom. The maximum absolute atomic E-state index is 12.8. The molecule has 2 heterocycles. The number of anilines is 2. The Hall–Kier alpha value is -3.35. The van der Waals surface area contributed by atoms with Crippen molar-refractivity contribution in [3.63, 3.8) is 0 Å². The first kappa shape index (κ1) is 25.3. The molecule has 0 aliphatic carbocycles. The second kappa shape index (κ2) is 12.7. The van der Waals surface area contributed by atoms with E-state index in [1.807, 2.05) is 42.5 Å². The molecule has 6 nitrogen and oxygen atoms in total. The highest BCUT2D eigenvalue weighted by molar-refractivity contribution is 5.94. The molecule has 2 aliphatic rings. The molecule has 0 atom stereocenters. The third-order valence-corrected chi connectivity index (χ3v) is 7.63. The summed E-state index contributed by atoms with van der Waals surface area (Å²) in [5.41, 5.74) is 4.32. The zero-order valence-electron chi connectivity index (χ0n) is 21.7. The molecule has 3 aromatic carbocycles. The molecule has 3 aromatic rings. The van der Waals surface area contributed by atoms with Gasteiger partial charge in [-0.3, -0.25) is 4.90 Å². The van der Waals surface area contributed by atoms with Crippen LogP contribution in [0.3, 0.4) is 0 Å². The fourth-order valence-corrected chi connectivity index (χ4v) is 5.49. The number of rotatable bonds is 8. The number of benzene rings is 3. The quantitative estimate of drug-likeness (QED) is 0.452. The average molecular weight is 498 g/mol. The van der Waals surface area contributed by atoms with Crippen LogP contribution in [0.25, 0.3) is 11.1 Å². The van der Waals surface area contributed by atoms with Gasteiger partial charge in [0.2, 0.25) is 0 Å². The van der Waals surface area contributed by atoms with Crippen LogP contribution in [-0.2, 0) is 0 Å². The van der Waals surface area contributed by atoms with Crippen molar-refractivity contribution in [3.8, 4) is 11.1 Å². The minimum atomic E-state index is -0.114. The van der Waals surface area contributed by atoms with Gasteiger partial charge in [0.1, 0.15) is 0 Å². The first-order chi connectivity index (χ1) is 18.2. The van der Waals surface area contributed by atoms with Gasteiger partial charge in [-0.25, -0.2) is 4.79 Å². The minimum absolute atomic E-state index is 0.114. The van der Waals surface area contributed by atoms with Gasteiger partial charge >= 0.3 is 6.03 Å². The standard InChI is InChI=1S/C31H39N5O/c37-31(33-30-15-8-7-14-29(30)26-10-3-1-4-11-26)32-27-16-20-34(21-17-27)18-9-19-35-22-24-36(25-23-35)28-12-5-2-6-13-28/h1-8,10-15,27H,9,16-25H2,(H2,32,33,37). The van der Waals surface area contributed by atoms with Crippen LogP contribution in [0.4, 0.5) is 16.2 Å². The Bertz CT molecular complexity index is 1110. The van der Waals surface area contributed by atoms with E-state index in [-0.39, 0.29) is 12.1 Å². The van der Waals surface area contributed by atoms with Gasteiger partial charge in [0.25, 0.3) is 0 Å². The number of nitrogens with one attached hydrogen (secondary N) is 2. The molecule has 37 heavy (non-hydrogen) atoms. The van der Waals surface area contributed by atoms with Crippen molar-refractivity contribution in [3.05, 3.63) is 84.9 Å². The molecule has 194 valence electrons. The summed E-state index contributed by atoms with van der Waals surface area (Å²) in [5, 5.41) is 6.28. The van der Waals surface area contributed by atoms with Gasteiger partial charge in [-0.15, -0.1) is 0 Å². The van der Waals surface area contributed by atoms with Crippen LogP contribution in [0.15, 0.2) is 84.9 Å². The number of piperazine rings is 1. The van der Waals surface area contributed by atoms with Crippen LogP contribution in [0, 0.1) is 0 Å². The van der Waals surface area contributed by atoms with E-state index in [9.17, 15) is 4.79 Å². The second-order valence-electron chi connectivity index (χ2n) is 10.1. The van der Waals surface area contributed by atoms with Crippen LogP contribution in [0.2, 0.25) is 0 Å². The Morgan fingerprint density at radius 2 is 1.30 bits per heavy atom. The Morgan fingerprint density at radius 1 is 0.703 bits per heavy atom. The van der Waals surface area contributed by atoms with Gasteiger partial charge in [0.15, 0.2) is 0 Å². The molecule has 2 N–H and O–H groups in total. The number of urea groups is 1. The Kier molecular flexibility index (Phi) is 8.72. The van der Waals surface area contributed by atoms with Crippen LogP contribution < -0.4 is 15.5 Å². The highest BCUT2D eigenvalue weighted by atomic mass is 16.2. The normalized spacial score (nSPS) is 17.5. The number of carbonyl (C=O) groups excluding carboxylic acids is 1.